The molecular weight excluding hydrogens is 364 g/mol. The van der Waals surface area contributed by atoms with Crippen LogP contribution in [0.2, 0.25) is 0 Å². The Labute approximate surface area is 185 Å². The molecule has 1 nitrogen and oxygen atoms in total. The van der Waals surface area contributed by atoms with Crippen molar-refractivity contribution >= 4 is 0 Å². The second kappa shape index (κ2) is 7.10. The van der Waals surface area contributed by atoms with Crippen molar-refractivity contribution in [3.8, 4) is 0 Å². The van der Waals surface area contributed by atoms with Gasteiger partial charge in [-0.15, -0.1) is 0 Å². The molecule has 0 aliphatic heterocycles. The van der Waals surface area contributed by atoms with Gasteiger partial charge in [0.2, 0.25) is 0 Å². The molecule has 0 aromatic rings. The van der Waals surface area contributed by atoms with Crippen LogP contribution in [0.1, 0.15) is 117 Å². The van der Waals surface area contributed by atoms with Gasteiger partial charge in [0.15, 0.2) is 0 Å². The third-order valence-corrected chi connectivity index (χ3v) is 12.4. The molecule has 1 N–H and O–H groups in total. The van der Waals surface area contributed by atoms with Crippen molar-refractivity contribution < 1.29 is 5.11 Å². The Kier molecular flexibility index (Phi) is 4.81. The topological polar surface area (TPSA) is 20.2 Å². The standard InChI is InChI=1S/C29H46O/c1-27-15-12-26-24(7-5-22-18-23(30)11-14-28(22,26)2)25(27)8-6-21(27)4-3-13-29-16-9-20(19-29)10-17-29/h5,20-21,23-26,30H,3-4,6-19H2,1-2H3. The van der Waals surface area contributed by atoms with Gasteiger partial charge in [0.25, 0.3) is 0 Å². The van der Waals surface area contributed by atoms with Gasteiger partial charge in [-0.1, -0.05) is 31.9 Å². The van der Waals surface area contributed by atoms with Crippen molar-refractivity contribution in [2.75, 3.05) is 0 Å². The van der Waals surface area contributed by atoms with E-state index in [2.05, 4.69) is 19.9 Å². The van der Waals surface area contributed by atoms with Crippen molar-refractivity contribution in [3.63, 3.8) is 0 Å². The van der Waals surface area contributed by atoms with Crippen LogP contribution in [0.3, 0.4) is 0 Å². The van der Waals surface area contributed by atoms with Crippen molar-refractivity contribution in [1.29, 1.82) is 0 Å². The van der Waals surface area contributed by atoms with E-state index in [0.29, 0.717) is 10.8 Å². The summed E-state index contributed by atoms with van der Waals surface area (Å²) in [6.45, 7) is 5.30. The minimum Gasteiger partial charge on any atom is -0.393 e. The molecule has 7 unspecified atom stereocenters. The maximum atomic E-state index is 10.2. The Morgan fingerprint density at radius 3 is 2.53 bits per heavy atom. The molecule has 2 bridgehead atoms. The number of aliphatic hydroxyl groups is 1. The van der Waals surface area contributed by atoms with E-state index in [1.807, 2.05) is 0 Å². The summed E-state index contributed by atoms with van der Waals surface area (Å²) >= 11 is 0. The number of allylic oxidation sites excluding steroid dienone is 1. The van der Waals surface area contributed by atoms with Crippen LogP contribution in [0, 0.1) is 45.8 Å². The highest BCUT2D eigenvalue weighted by molar-refractivity contribution is 5.25. The van der Waals surface area contributed by atoms with Gasteiger partial charge in [-0.2, -0.15) is 0 Å². The molecule has 0 radical (unpaired) electrons. The molecule has 30 heavy (non-hydrogen) atoms. The van der Waals surface area contributed by atoms with Crippen molar-refractivity contribution in [2.24, 2.45) is 45.8 Å². The number of rotatable bonds is 4. The molecule has 0 heterocycles. The summed E-state index contributed by atoms with van der Waals surface area (Å²) in [4.78, 5) is 0. The Hall–Kier alpha value is -0.300. The Morgan fingerprint density at radius 1 is 0.933 bits per heavy atom. The minimum atomic E-state index is -0.0694. The number of aliphatic hydroxyl groups excluding tert-OH is 1. The second-order valence-electron chi connectivity index (χ2n) is 13.5. The smallest absolute Gasteiger partial charge is 0.0577 e. The average Bonchev–Trinajstić information content (AvgIpc) is 3.42. The van der Waals surface area contributed by atoms with Gasteiger partial charge in [0, 0.05) is 0 Å². The molecule has 168 valence electrons. The quantitative estimate of drug-likeness (QED) is 0.471. The first-order chi connectivity index (χ1) is 14.4. The Bertz CT molecular complexity index is 699. The van der Waals surface area contributed by atoms with E-state index < -0.39 is 0 Å². The first-order valence-corrected chi connectivity index (χ1v) is 13.8. The summed E-state index contributed by atoms with van der Waals surface area (Å²) in [5.41, 5.74) is 3.46. The summed E-state index contributed by atoms with van der Waals surface area (Å²) in [5, 5.41) is 10.2. The third-order valence-electron chi connectivity index (χ3n) is 12.4. The van der Waals surface area contributed by atoms with E-state index >= 15 is 0 Å². The number of fused-ring (bicyclic) bond motifs is 7. The van der Waals surface area contributed by atoms with Gasteiger partial charge < -0.3 is 5.11 Å². The van der Waals surface area contributed by atoms with Gasteiger partial charge >= 0.3 is 0 Å². The molecule has 0 aromatic heterocycles. The predicted molar refractivity (Wildman–Crippen MR) is 124 cm³/mol. The molecule has 6 rings (SSSR count). The molecule has 7 atom stereocenters. The maximum Gasteiger partial charge on any atom is 0.0577 e. The van der Waals surface area contributed by atoms with Gasteiger partial charge in [-0.05, 0) is 142 Å². The third kappa shape index (κ3) is 2.96. The van der Waals surface area contributed by atoms with Gasteiger partial charge in [0.05, 0.1) is 6.10 Å². The summed E-state index contributed by atoms with van der Waals surface area (Å²) in [7, 11) is 0. The second-order valence-corrected chi connectivity index (χ2v) is 13.5. The minimum absolute atomic E-state index is 0.0694. The van der Waals surface area contributed by atoms with Gasteiger partial charge in [0.1, 0.15) is 0 Å². The molecule has 5 fully saturated rings. The van der Waals surface area contributed by atoms with Gasteiger partial charge in [-0.3, -0.25) is 0 Å². The van der Waals surface area contributed by atoms with Crippen LogP contribution in [0.25, 0.3) is 0 Å². The van der Waals surface area contributed by atoms with E-state index in [0.717, 1.165) is 47.8 Å². The lowest BCUT2D eigenvalue weighted by molar-refractivity contribution is -0.0511. The molecule has 1 heteroatoms. The van der Waals surface area contributed by atoms with E-state index in [1.54, 1.807) is 44.1 Å². The monoisotopic (exact) mass is 410 g/mol. The Balaban J connectivity index is 1.14. The SMILES string of the molecule is CC12CCC(O)CC1=CCC1C2CCC2(C)C(CCCC34CCC(CC3)C4)CCC12. The lowest BCUT2D eigenvalue weighted by Crippen LogP contribution is -2.50. The molecule has 5 saturated carbocycles. The summed E-state index contributed by atoms with van der Waals surface area (Å²) in [6.07, 6.45) is 25.5. The van der Waals surface area contributed by atoms with Crippen LogP contribution in [0.4, 0.5) is 0 Å². The highest BCUT2D eigenvalue weighted by Gasteiger charge is 2.58. The zero-order valence-electron chi connectivity index (χ0n) is 19.8. The van der Waals surface area contributed by atoms with Crippen LogP contribution in [0.15, 0.2) is 11.6 Å². The molecule has 0 amide bonds. The van der Waals surface area contributed by atoms with Crippen molar-refractivity contribution in [2.45, 2.75) is 123 Å². The molecule has 0 spiro atoms. The molecular formula is C29H46O. The lowest BCUT2D eigenvalue weighted by Gasteiger charge is -2.58. The summed E-state index contributed by atoms with van der Waals surface area (Å²) in [5.74, 6) is 4.92. The normalized spacial score (nSPS) is 54.4. The average molecular weight is 411 g/mol. The largest absolute Gasteiger partial charge is 0.393 e. The highest BCUT2D eigenvalue weighted by Crippen LogP contribution is 2.67. The van der Waals surface area contributed by atoms with Crippen LogP contribution >= 0.6 is 0 Å². The van der Waals surface area contributed by atoms with Crippen LogP contribution in [-0.2, 0) is 0 Å². The number of hydrogen-bond acceptors (Lipinski definition) is 1. The number of hydrogen-bond donors (Lipinski definition) is 1. The Morgan fingerprint density at radius 2 is 1.77 bits per heavy atom. The fraction of sp³-hybridized carbons (Fsp3) is 0.931. The predicted octanol–water partition coefficient (Wildman–Crippen LogP) is 7.68. The van der Waals surface area contributed by atoms with Gasteiger partial charge in [-0.25, -0.2) is 0 Å². The molecule has 0 aromatic carbocycles. The maximum absolute atomic E-state index is 10.2. The van der Waals surface area contributed by atoms with E-state index in [1.165, 1.54) is 51.4 Å². The van der Waals surface area contributed by atoms with Crippen LogP contribution in [-0.4, -0.2) is 11.2 Å². The van der Waals surface area contributed by atoms with Crippen molar-refractivity contribution in [1.82, 2.24) is 0 Å². The highest BCUT2D eigenvalue weighted by atomic mass is 16.3. The zero-order chi connectivity index (χ0) is 20.6. The summed E-state index contributed by atoms with van der Waals surface area (Å²) in [6, 6.07) is 0. The fourth-order valence-corrected chi connectivity index (χ4v) is 10.6. The zero-order valence-corrected chi connectivity index (χ0v) is 19.8. The summed E-state index contributed by atoms with van der Waals surface area (Å²) < 4.78 is 0. The molecule has 6 aliphatic carbocycles. The lowest BCUT2D eigenvalue weighted by atomic mass is 9.47. The van der Waals surface area contributed by atoms with E-state index in [9.17, 15) is 5.11 Å². The van der Waals surface area contributed by atoms with E-state index in [-0.39, 0.29) is 6.10 Å². The van der Waals surface area contributed by atoms with Crippen LogP contribution < -0.4 is 0 Å². The first kappa shape index (κ1) is 20.3. The first-order valence-electron chi connectivity index (χ1n) is 13.8. The fourth-order valence-electron chi connectivity index (χ4n) is 10.6. The molecule has 0 saturated heterocycles. The van der Waals surface area contributed by atoms with E-state index in [4.69, 9.17) is 0 Å². The van der Waals surface area contributed by atoms with Crippen molar-refractivity contribution in [3.05, 3.63) is 11.6 Å². The van der Waals surface area contributed by atoms with Crippen LogP contribution in [0.5, 0.6) is 0 Å². The molecule has 6 aliphatic rings.